The van der Waals surface area contributed by atoms with Crippen LogP contribution in [0.3, 0.4) is 0 Å². The molecule has 3 heterocycles. The van der Waals surface area contributed by atoms with Crippen LogP contribution in [0.5, 0.6) is 0 Å². The Kier molecular flexibility index (Phi) is 4.34. The van der Waals surface area contributed by atoms with Gasteiger partial charge in [0, 0.05) is 31.6 Å². The molecule has 1 saturated heterocycles. The predicted molar refractivity (Wildman–Crippen MR) is 96.1 cm³/mol. The van der Waals surface area contributed by atoms with Gasteiger partial charge >= 0.3 is 0 Å². The number of furan rings is 1. The number of aromatic nitrogens is 2. The summed E-state index contributed by atoms with van der Waals surface area (Å²) in [5.41, 5.74) is 1.82. The van der Waals surface area contributed by atoms with Crippen LogP contribution in [0.1, 0.15) is 43.2 Å². The molecule has 0 atom stereocenters. The van der Waals surface area contributed by atoms with Crippen LogP contribution < -0.4 is 0 Å². The van der Waals surface area contributed by atoms with Crippen LogP contribution in [0.25, 0.3) is 11.0 Å². The molecule has 4 nitrogen and oxygen atoms in total. The second-order valence-corrected chi connectivity index (χ2v) is 6.90. The average Bonchev–Trinajstić information content (AvgIpc) is 3.18. The van der Waals surface area contributed by atoms with Crippen molar-refractivity contribution in [2.24, 2.45) is 0 Å². The molecular weight excluding hydrogens is 317 g/mol. The van der Waals surface area contributed by atoms with E-state index in [9.17, 15) is 4.39 Å². The fraction of sp³-hybridized carbons (Fsp3) is 0.450. The van der Waals surface area contributed by atoms with E-state index in [-0.39, 0.29) is 5.82 Å². The first-order valence-corrected chi connectivity index (χ1v) is 9.08. The van der Waals surface area contributed by atoms with Gasteiger partial charge in [0.25, 0.3) is 0 Å². The summed E-state index contributed by atoms with van der Waals surface area (Å²) in [7, 11) is 0. The third kappa shape index (κ3) is 3.21. The fourth-order valence-electron chi connectivity index (χ4n) is 3.90. The number of piperidine rings is 1. The maximum atomic E-state index is 13.5. The van der Waals surface area contributed by atoms with Crippen molar-refractivity contribution in [1.82, 2.24) is 14.5 Å². The van der Waals surface area contributed by atoms with Gasteiger partial charge in [0.2, 0.25) is 0 Å². The number of halogens is 1. The number of rotatable bonds is 4. The normalized spacial score (nSPS) is 16.8. The van der Waals surface area contributed by atoms with Crippen LogP contribution in [0, 0.1) is 12.7 Å². The van der Waals surface area contributed by atoms with Gasteiger partial charge in [-0.2, -0.15) is 0 Å². The van der Waals surface area contributed by atoms with Crippen molar-refractivity contribution in [3.05, 3.63) is 53.5 Å². The quantitative estimate of drug-likeness (QED) is 0.702. The molecule has 5 heteroatoms. The van der Waals surface area contributed by atoms with E-state index in [1.807, 2.05) is 19.1 Å². The Morgan fingerprint density at radius 3 is 2.68 bits per heavy atom. The van der Waals surface area contributed by atoms with Crippen LogP contribution in [0.15, 0.2) is 34.7 Å². The van der Waals surface area contributed by atoms with E-state index in [0.717, 1.165) is 67.3 Å². The molecule has 0 saturated carbocycles. The Labute approximate surface area is 147 Å². The zero-order chi connectivity index (χ0) is 17.4. The number of imidazole rings is 1. The molecule has 1 aromatic carbocycles. The molecular formula is C20H24FN3O. The summed E-state index contributed by atoms with van der Waals surface area (Å²) in [5, 5.41) is 0. The number of benzene rings is 1. The van der Waals surface area contributed by atoms with Gasteiger partial charge in [-0.1, -0.05) is 6.92 Å². The van der Waals surface area contributed by atoms with Gasteiger partial charge in [-0.3, -0.25) is 4.90 Å². The third-order valence-corrected chi connectivity index (χ3v) is 5.14. The summed E-state index contributed by atoms with van der Waals surface area (Å²) in [6.07, 6.45) is 3.02. The lowest BCUT2D eigenvalue weighted by Crippen LogP contribution is -2.34. The molecule has 1 fully saturated rings. The standard InChI is InChI=1S/C20H24FN3O/c1-3-20-22-18-12-15(21)5-7-19(18)24(20)16-8-10-23(11-9-16)13-17-6-4-14(2)25-17/h4-7,12,16H,3,8-11,13H2,1-2H3. The molecule has 0 amide bonds. The highest BCUT2D eigenvalue weighted by Gasteiger charge is 2.24. The largest absolute Gasteiger partial charge is 0.465 e. The van der Waals surface area contributed by atoms with Gasteiger partial charge in [-0.15, -0.1) is 0 Å². The second-order valence-electron chi connectivity index (χ2n) is 6.90. The number of hydrogen-bond acceptors (Lipinski definition) is 3. The summed E-state index contributed by atoms with van der Waals surface area (Å²) in [4.78, 5) is 7.09. The Bertz CT molecular complexity index is 874. The first kappa shape index (κ1) is 16.3. The van der Waals surface area contributed by atoms with Crippen molar-refractivity contribution in [2.75, 3.05) is 13.1 Å². The molecule has 0 N–H and O–H groups in total. The number of hydrogen-bond donors (Lipinski definition) is 0. The lowest BCUT2D eigenvalue weighted by atomic mass is 10.0. The van der Waals surface area contributed by atoms with Crippen molar-refractivity contribution >= 4 is 11.0 Å². The summed E-state index contributed by atoms with van der Waals surface area (Å²) in [5.74, 6) is 2.84. The molecule has 0 aliphatic carbocycles. The first-order valence-electron chi connectivity index (χ1n) is 9.08. The van der Waals surface area contributed by atoms with Crippen LogP contribution >= 0.6 is 0 Å². The van der Waals surface area contributed by atoms with E-state index in [4.69, 9.17) is 4.42 Å². The third-order valence-electron chi connectivity index (χ3n) is 5.14. The molecule has 0 radical (unpaired) electrons. The van der Waals surface area contributed by atoms with E-state index in [2.05, 4.69) is 27.4 Å². The first-order chi connectivity index (χ1) is 12.1. The van der Waals surface area contributed by atoms with Crippen LogP contribution in [0.4, 0.5) is 4.39 Å². The van der Waals surface area contributed by atoms with Crippen LogP contribution in [-0.2, 0) is 13.0 Å². The number of nitrogens with zero attached hydrogens (tertiary/aromatic N) is 3. The Balaban J connectivity index is 1.51. The van der Waals surface area contributed by atoms with Crippen LogP contribution in [0.2, 0.25) is 0 Å². The molecule has 3 aromatic rings. The van der Waals surface area contributed by atoms with Gasteiger partial charge in [-0.25, -0.2) is 9.37 Å². The van der Waals surface area contributed by atoms with Crippen molar-refractivity contribution in [3.8, 4) is 0 Å². The molecule has 0 unspecified atom stereocenters. The molecule has 0 bridgehead atoms. The molecule has 1 aliphatic rings. The smallest absolute Gasteiger partial charge is 0.125 e. The Morgan fingerprint density at radius 1 is 1.20 bits per heavy atom. The summed E-state index contributed by atoms with van der Waals surface area (Å²) in [6, 6.07) is 9.46. The van der Waals surface area contributed by atoms with Crippen molar-refractivity contribution < 1.29 is 8.81 Å². The number of aryl methyl sites for hydroxylation is 2. The van der Waals surface area contributed by atoms with E-state index in [0.29, 0.717) is 6.04 Å². The highest BCUT2D eigenvalue weighted by molar-refractivity contribution is 5.76. The van der Waals surface area contributed by atoms with Gasteiger partial charge in [-0.05, 0) is 44.0 Å². The molecule has 25 heavy (non-hydrogen) atoms. The number of fused-ring (bicyclic) bond motifs is 1. The zero-order valence-corrected chi connectivity index (χ0v) is 14.8. The molecule has 2 aromatic heterocycles. The summed E-state index contributed by atoms with van der Waals surface area (Å²) < 4.78 is 21.6. The predicted octanol–water partition coefficient (Wildman–Crippen LogP) is 4.48. The topological polar surface area (TPSA) is 34.2 Å². The molecule has 0 spiro atoms. The lowest BCUT2D eigenvalue weighted by Gasteiger charge is -2.33. The highest BCUT2D eigenvalue weighted by atomic mass is 19.1. The summed E-state index contributed by atoms with van der Waals surface area (Å²) in [6.45, 7) is 7.04. The monoisotopic (exact) mass is 341 g/mol. The molecule has 132 valence electrons. The van der Waals surface area contributed by atoms with Gasteiger partial charge in [0.15, 0.2) is 0 Å². The minimum absolute atomic E-state index is 0.219. The van der Waals surface area contributed by atoms with E-state index < -0.39 is 0 Å². The SMILES string of the molecule is CCc1nc2cc(F)ccc2n1C1CCN(Cc2ccc(C)o2)CC1. The Morgan fingerprint density at radius 2 is 2.00 bits per heavy atom. The molecule has 1 aliphatic heterocycles. The van der Waals surface area contributed by atoms with Crippen molar-refractivity contribution in [1.29, 1.82) is 0 Å². The summed E-state index contributed by atoms with van der Waals surface area (Å²) >= 11 is 0. The minimum atomic E-state index is -0.219. The Hall–Kier alpha value is -2.14. The average molecular weight is 341 g/mol. The zero-order valence-electron chi connectivity index (χ0n) is 14.8. The lowest BCUT2D eigenvalue weighted by molar-refractivity contribution is 0.168. The second kappa shape index (κ2) is 6.64. The molecule has 4 rings (SSSR count). The maximum Gasteiger partial charge on any atom is 0.125 e. The van der Waals surface area contributed by atoms with Crippen molar-refractivity contribution in [2.45, 2.75) is 45.7 Å². The van der Waals surface area contributed by atoms with E-state index in [1.54, 1.807) is 6.07 Å². The number of likely N-dealkylation sites (tertiary alicyclic amines) is 1. The maximum absolute atomic E-state index is 13.5. The highest BCUT2D eigenvalue weighted by Crippen LogP contribution is 2.30. The van der Waals surface area contributed by atoms with Crippen LogP contribution in [-0.4, -0.2) is 27.5 Å². The van der Waals surface area contributed by atoms with Gasteiger partial charge in [0.1, 0.15) is 23.2 Å². The fourth-order valence-corrected chi connectivity index (χ4v) is 3.90. The van der Waals surface area contributed by atoms with E-state index >= 15 is 0 Å². The van der Waals surface area contributed by atoms with Gasteiger partial charge in [0.05, 0.1) is 17.6 Å². The van der Waals surface area contributed by atoms with Gasteiger partial charge < -0.3 is 8.98 Å². The van der Waals surface area contributed by atoms with Crippen molar-refractivity contribution in [3.63, 3.8) is 0 Å². The minimum Gasteiger partial charge on any atom is -0.465 e. The van der Waals surface area contributed by atoms with E-state index in [1.165, 1.54) is 6.07 Å².